The largest absolute Gasteiger partial charge is 0.464 e. The van der Waals surface area contributed by atoms with Crippen molar-refractivity contribution < 1.29 is 23.5 Å². The molecule has 7 nitrogen and oxygen atoms in total. The number of benzene rings is 1. The van der Waals surface area contributed by atoms with Gasteiger partial charge in [0, 0.05) is 12.1 Å². The number of nitrogens with one attached hydrogen (secondary N) is 2. The molecule has 3 N–H and O–H groups in total. The molecule has 0 saturated carbocycles. The van der Waals surface area contributed by atoms with E-state index in [0.717, 1.165) is 18.3 Å². The van der Waals surface area contributed by atoms with Gasteiger partial charge in [-0.1, -0.05) is 0 Å². The molecule has 0 aliphatic carbocycles. The van der Waals surface area contributed by atoms with Gasteiger partial charge >= 0.3 is 6.09 Å². The zero-order chi connectivity index (χ0) is 17.7. The molecule has 0 aliphatic heterocycles. The second kappa shape index (κ2) is 7.36. The minimum absolute atomic E-state index is 0.0513. The molecule has 2 rings (SSSR count). The number of halogens is 2. The summed E-state index contributed by atoms with van der Waals surface area (Å²) >= 11 is 0. The number of rotatable bonds is 6. The number of aromatic nitrogens is 1. The molecule has 1 atom stereocenters. The Kier molecular flexibility index (Phi) is 5.25. The fourth-order valence-electron chi connectivity index (χ4n) is 1.87. The fourth-order valence-corrected chi connectivity index (χ4v) is 1.87. The van der Waals surface area contributed by atoms with Crippen LogP contribution in [0.5, 0.6) is 0 Å². The summed E-state index contributed by atoms with van der Waals surface area (Å²) in [5, 5.41) is 12.6. The smallest absolute Gasteiger partial charge is 0.426 e. The van der Waals surface area contributed by atoms with Gasteiger partial charge in [-0.15, -0.1) is 0 Å². The Labute approximate surface area is 135 Å². The summed E-state index contributed by atoms with van der Waals surface area (Å²) in [4.78, 5) is 25.7. The first-order chi connectivity index (χ1) is 11.4. The molecule has 1 unspecified atom stereocenters. The molecule has 2 aromatic rings. The van der Waals surface area contributed by atoms with E-state index in [9.17, 15) is 18.4 Å². The van der Waals surface area contributed by atoms with Crippen LogP contribution < -0.4 is 10.7 Å². The second-order valence-electron chi connectivity index (χ2n) is 4.85. The van der Waals surface area contributed by atoms with Crippen LogP contribution in [0.4, 0.5) is 30.6 Å². The van der Waals surface area contributed by atoms with Crippen molar-refractivity contribution in [2.24, 2.45) is 0 Å². The summed E-state index contributed by atoms with van der Waals surface area (Å²) in [6.07, 6.45) is 1.37. The number of carboxylic acid groups (broad SMARTS) is 1. The molecule has 0 saturated heterocycles. The van der Waals surface area contributed by atoms with Crippen LogP contribution >= 0.6 is 0 Å². The molecule has 1 amide bonds. The molecular formula is C15H14F2N4O3. The zero-order valence-electron chi connectivity index (χ0n) is 12.5. The average molecular weight is 336 g/mol. The Morgan fingerprint density at radius 3 is 2.62 bits per heavy atom. The number of hydrogen-bond acceptors (Lipinski definition) is 5. The molecule has 0 spiro atoms. The van der Waals surface area contributed by atoms with E-state index in [1.165, 1.54) is 25.3 Å². The third-order valence-corrected chi connectivity index (χ3v) is 3.02. The van der Waals surface area contributed by atoms with Gasteiger partial charge in [0.15, 0.2) is 0 Å². The van der Waals surface area contributed by atoms with Gasteiger partial charge in [0.25, 0.3) is 0 Å². The molecule has 1 aromatic heterocycles. The molecule has 0 bridgehead atoms. The van der Waals surface area contributed by atoms with Gasteiger partial charge in [-0.2, -0.15) is 0 Å². The highest BCUT2D eigenvalue weighted by molar-refractivity contribution is 5.78. The summed E-state index contributed by atoms with van der Waals surface area (Å²) in [6, 6.07) is 3.70. The minimum Gasteiger partial charge on any atom is -0.464 e. The van der Waals surface area contributed by atoms with E-state index in [1.54, 1.807) is 0 Å². The third kappa shape index (κ3) is 4.15. The highest BCUT2D eigenvalue weighted by Crippen LogP contribution is 2.27. The van der Waals surface area contributed by atoms with Gasteiger partial charge in [0.1, 0.15) is 24.0 Å². The highest BCUT2D eigenvalue weighted by atomic mass is 19.1. The number of carbonyl (C=O) groups excluding carboxylic acids is 1. The lowest BCUT2D eigenvalue weighted by Crippen LogP contribution is -2.43. The quantitative estimate of drug-likeness (QED) is 0.554. The Morgan fingerprint density at radius 2 is 2.00 bits per heavy atom. The summed E-state index contributed by atoms with van der Waals surface area (Å²) in [7, 11) is 0. The Balaban J connectivity index is 2.33. The van der Waals surface area contributed by atoms with Gasteiger partial charge in [-0.25, -0.2) is 18.6 Å². The first-order valence-corrected chi connectivity index (χ1v) is 6.82. The van der Waals surface area contributed by atoms with Gasteiger partial charge in [0.2, 0.25) is 0 Å². The number of pyridine rings is 1. The first kappa shape index (κ1) is 17.1. The molecule has 126 valence electrons. The second-order valence-corrected chi connectivity index (χ2v) is 4.85. The van der Waals surface area contributed by atoms with E-state index in [0.29, 0.717) is 11.3 Å². The van der Waals surface area contributed by atoms with Crippen LogP contribution in [0.15, 0.2) is 36.7 Å². The van der Waals surface area contributed by atoms with Gasteiger partial charge in [0.05, 0.1) is 29.5 Å². The van der Waals surface area contributed by atoms with E-state index in [1.807, 2.05) is 0 Å². The fraction of sp³-hybridized carbons (Fsp3) is 0.133. The Hall–Kier alpha value is -3.23. The van der Waals surface area contributed by atoms with E-state index in [2.05, 4.69) is 15.7 Å². The van der Waals surface area contributed by atoms with Crippen LogP contribution in [0, 0.1) is 11.6 Å². The first-order valence-electron chi connectivity index (χ1n) is 6.82. The molecule has 0 radical (unpaired) electrons. The van der Waals surface area contributed by atoms with E-state index in [-0.39, 0.29) is 17.1 Å². The number of nitrogens with zero attached hydrogens (tertiary/aromatic N) is 2. The SMILES string of the molecule is CC(C=O)N(Nc1cc(F)ccc1Nc1cncc(F)c1)C(=O)O. The molecule has 1 heterocycles. The summed E-state index contributed by atoms with van der Waals surface area (Å²) < 4.78 is 26.7. The van der Waals surface area contributed by atoms with Crippen molar-refractivity contribution in [2.45, 2.75) is 13.0 Å². The lowest BCUT2D eigenvalue weighted by Gasteiger charge is -2.25. The van der Waals surface area contributed by atoms with Crippen molar-refractivity contribution in [3.63, 3.8) is 0 Å². The van der Waals surface area contributed by atoms with Crippen LogP contribution in [0.25, 0.3) is 0 Å². The minimum atomic E-state index is -1.42. The van der Waals surface area contributed by atoms with Gasteiger partial charge in [-0.3, -0.25) is 10.4 Å². The molecule has 9 heteroatoms. The lowest BCUT2D eigenvalue weighted by molar-refractivity contribution is -0.111. The molecule has 1 aromatic carbocycles. The predicted molar refractivity (Wildman–Crippen MR) is 82.9 cm³/mol. The Morgan fingerprint density at radius 1 is 1.25 bits per heavy atom. The predicted octanol–water partition coefficient (Wildman–Crippen LogP) is 3.00. The number of aldehydes is 1. The van der Waals surface area contributed by atoms with Crippen LogP contribution in [0.3, 0.4) is 0 Å². The third-order valence-electron chi connectivity index (χ3n) is 3.02. The van der Waals surface area contributed by atoms with Crippen LogP contribution in [0.2, 0.25) is 0 Å². The number of anilines is 3. The maximum Gasteiger partial charge on any atom is 0.426 e. The monoisotopic (exact) mass is 336 g/mol. The molecule has 0 aliphatic rings. The number of hydrogen-bond donors (Lipinski definition) is 3. The standard InChI is InChI=1S/C15H14F2N4O3/c1-9(8-22)21(15(23)24)20-14-5-10(16)2-3-13(14)19-12-4-11(17)6-18-7-12/h2-9,19-20H,1H3,(H,23,24). The van der Waals surface area contributed by atoms with E-state index in [4.69, 9.17) is 5.11 Å². The average Bonchev–Trinajstić information content (AvgIpc) is 2.54. The van der Waals surface area contributed by atoms with Crippen molar-refractivity contribution in [3.05, 3.63) is 48.3 Å². The maximum atomic E-state index is 13.5. The van der Waals surface area contributed by atoms with Crippen molar-refractivity contribution >= 4 is 29.4 Å². The molecule has 24 heavy (non-hydrogen) atoms. The van der Waals surface area contributed by atoms with Gasteiger partial charge in [-0.05, 0) is 19.1 Å². The molecule has 0 fully saturated rings. The normalized spacial score (nSPS) is 11.5. The summed E-state index contributed by atoms with van der Waals surface area (Å²) in [6.45, 7) is 1.36. The number of hydrazine groups is 1. The zero-order valence-corrected chi connectivity index (χ0v) is 12.5. The van der Waals surface area contributed by atoms with Crippen molar-refractivity contribution in [1.82, 2.24) is 9.99 Å². The summed E-state index contributed by atoms with van der Waals surface area (Å²) in [5.74, 6) is -1.19. The number of amides is 1. The van der Waals surface area contributed by atoms with Crippen molar-refractivity contribution in [1.29, 1.82) is 0 Å². The van der Waals surface area contributed by atoms with Crippen LogP contribution in [-0.4, -0.2) is 33.5 Å². The van der Waals surface area contributed by atoms with Crippen molar-refractivity contribution in [2.75, 3.05) is 10.7 Å². The number of carbonyl (C=O) groups is 2. The topological polar surface area (TPSA) is 94.6 Å². The highest BCUT2D eigenvalue weighted by Gasteiger charge is 2.20. The van der Waals surface area contributed by atoms with Gasteiger partial charge < -0.3 is 15.2 Å². The Bertz CT molecular complexity index is 757. The maximum absolute atomic E-state index is 13.5. The van der Waals surface area contributed by atoms with E-state index >= 15 is 0 Å². The van der Waals surface area contributed by atoms with Crippen molar-refractivity contribution in [3.8, 4) is 0 Å². The lowest BCUT2D eigenvalue weighted by atomic mass is 10.2. The summed E-state index contributed by atoms with van der Waals surface area (Å²) in [5.41, 5.74) is 3.07. The van der Waals surface area contributed by atoms with E-state index < -0.39 is 23.8 Å². The van der Waals surface area contributed by atoms with Crippen LogP contribution in [-0.2, 0) is 4.79 Å². The van der Waals surface area contributed by atoms with Crippen LogP contribution in [0.1, 0.15) is 6.92 Å². The molecular weight excluding hydrogens is 322 g/mol.